The second-order valence-electron chi connectivity index (χ2n) is 6.31. The highest BCUT2D eigenvalue weighted by Gasteiger charge is 2.08. The van der Waals surface area contributed by atoms with Crippen LogP contribution in [0.2, 0.25) is 0 Å². The van der Waals surface area contributed by atoms with Crippen LogP contribution in [0.25, 0.3) is 11.8 Å². The molecule has 0 atom stereocenters. The van der Waals surface area contributed by atoms with Crippen LogP contribution in [0.3, 0.4) is 0 Å². The highest BCUT2D eigenvalue weighted by atomic mass is 19.1. The lowest BCUT2D eigenvalue weighted by Crippen LogP contribution is -2.08. The third-order valence-electron chi connectivity index (χ3n) is 4.13. The van der Waals surface area contributed by atoms with Crippen molar-refractivity contribution in [3.63, 3.8) is 0 Å². The van der Waals surface area contributed by atoms with Crippen LogP contribution in [-0.4, -0.2) is 25.7 Å². The fourth-order valence-electron chi connectivity index (χ4n) is 2.70. The fraction of sp³-hybridized carbons (Fsp3) is 0. The summed E-state index contributed by atoms with van der Waals surface area (Å²) in [6.07, 6.45) is 8.37. The summed E-state index contributed by atoms with van der Waals surface area (Å²) < 4.78 is 35.2. The van der Waals surface area contributed by atoms with Gasteiger partial charge in [0.05, 0.1) is 6.20 Å². The Balaban J connectivity index is 1.40. The molecule has 31 heavy (non-hydrogen) atoms. The minimum Gasteiger partial charge on any atom is -0.453 e. The van der Waals surface area contributed by atoms with E-state index in [1.54, 1.807) is 24.4 Å². The van der Waals surface area contributed by atoms with Crippen molar-refractivity contribution in [2.45, 2.75) is 0 Å². The Labute approximate surface area is 175 Å². The third-order valence-corrected chi connectivity index (χ3v) is 4.13. The van der Waals surface area contributed by atoms with Gasteiger partial charge in [-0.1, -0.05) is 6.07 Å². The highest BCUT2D eigenvalue weighted by molar-refractivity contribution is 6.02. The lowest BCUT2D eigenvalue weighted by atomic mass is 10.2. The van der Waals surface area contributed by atoms with Gasteiger partial charge in [0.1, 0.15) is 24.1 Å². The van der Waals surface area contributed by atoms with Gasteiger partial charge in [0, 0.05) is 18.0 Å². The molecule has 9 heteroatoms. The van der Waals surface area contributed by atoms with Crippen molar-refractivity contribution >= 4 is 17.7 Å². The van der Waals surface area contributed by atoms with E-state index >= 15 is 0 Å². The molecule has 2 aromatic heterocycles. The summed E-state index contributed by atoms with van der Waals surface area (Å²) in [7, 11) is 0. The van der Waals surface area contributed by atoms with E-state index in [4.69, 9.17) is 4.74 Å². The summed E-state index contributed by atoms with van der Waals surface area (Å²) in [5, 5.41) is 6.41. The molecule has 1 amide bonds. The number of hydrogen-bond donors (Lipinski definition) is 1. The van der Waals surface area contributed by atoms with E-state index in [-0.39, 0.29) is 17.1 Å². The Hall–Kier alpha value is -4.40. The van der Waals surface area contributed by atoms with Gasteiger partial charge in [0.2, 0.25) is 5.91 Å². The molecule has 0 fully saturated rings. The maximum atomic E-state index is 14.3. The monoisotopic (exact) mass is 419 g/mol. The van der Waals surface area contributed by atoms with E-state index < -0.39 is 17.5 Å². The number of hydrogen-bond acceptors (Lipinski definition) is 5. The molecular formula is C22H15F2N5O2. The maximum Gasteiger partial charge on any atom is 0.248 e. The highest BCUT2D eigenvalue weighted by Crippen LogP contribution is 2.25. The van der Waals surface area contributed by atoms with Gasteiger partial charge in [0.25, 0.3) is 0 Å². The summed E-state index contributed by atoms with van der Waals surface area (Å²) in [6.45, 7) is 0. The second kappa shape index (κ2) is 8.95. The minimum absolute atomic E-state index is 0.0394. The van der Waals surface area contributed by atoms with Gasteiger partial charge in [0.15, 0.2) is 17.4 Å². The van der Waals surface area contributed by atoms with Crippen molar-refractivity contribution in [1.82, 2.24) is 19.7 Å². The summed E-state index contributed by atoms with van der Waals surface area (Å²) in [4.78, 5) is 19.8. The number of rotatable bonds is 6. The van der Waals surface area contributed by atoms with Crippen LogP contribution >= 0.6 is 0 Å². The van der Waals surface area contributed by atoms with Gasteiger partial charge >= 0.3 is 0 Å². The van der Waals surface area contributed by atoms with Crippen LogP contribution in [0.15, 0.2) is 79.7 Å². The zero-order valence-corrected chi connectivity index (χ0v) is 15.9. The van der Waals surface area contributed by atoms with Crippen LogP contribution < -0.4 is 10.1 Å². The summed E-state index contributed by atoms with van der Waals surface area (Å²) in [6, 6.07) is 11.8. The average Bonchev–Trinajstić information content (AvgIpc) is 3.29. The number of nitrogens with zero attached hydrogens (tertiary/aromatic N) is 4. The quantitative estimate of drug-likeness (QED) is 0.469. The van der Waals surface area contributed by atoms with E-state index in [9.17, 15) is 13.6 Å². The number of carbonyl (C=O) groups is 1. The van der Waals surface area contributed by atoms with Crippen LogP contribution in [0, 0.1) is 11.6 Å². The molecule has 1 N–H and O–H groups in total. The normalized spacial score (nSPS) is 10.9. The third kappa shape index (κ3) is 4.96. The van der Waals surface area contributed by atoms with Crippen molar-refractivity contribution in [3.05, 3.63) is 96.9 Å². The number of aromatic nitrogens is 4. The zero-order valence-electron chi connectivity index (χ0n) is 15.9. The van der Waals surface area contributed by atoms with Crippen molar-refractivity contribution in [2.24, 2.45) is 0 Å². The lowest BCUT2D eigenvalue weighted by molar-refractivity contribution is -0.111. The first-order valence-electron chi connectivity index (χ1n) is 9.09. The minimum atomic E-state index is -0.586. The number of halogens is 2. The van der Waals surface area contributed by atoms with Crippen LogP contribution in [-0.2, 0) is 4.79 Å². The molecule has 0 bridgehead atoms. The number of carbonyl (C=O) groups excluding carboxylic acids is 1. The molecule has 4 rings (SSSR count). The first-order valence-corrected chi connectivity index (χ1v) is 9.09. The molecule has 2 heterocycles. The Morgan fingerprint density at radius 1 is 1.06 bits per heavy atom. The predicted molar refractivity (Wildman–Crippen MR) is 110 cm³/mol. The molecule has 0 aliphatic rings. The SMILES string of the molecule is O=C(/C=C/c1ccc(Oc2cccnc2)c(F)c1)Nc1ccc(-n2cncn2)c(F)c1. The molecule has 0 radical (unpaired) electrons. The smallest absolute Gasteiger partial charge is 0.248 e. The molecule has 0 saturated carbocycles. The molecule has 0 aliphatic heterocycles. The number of pyridine rings is 1. The summed E-state index contributed by atoms with van der Waals surface area (Å²) >= 11 is 0. The van der Waals surface area contributed by atoms with E-state index in [1.807, 2.05) is 0 Å². The van der Waals surface area contributed by atoms with Gasteiger partial charge in [-0.3, -0.25) is 9.78 Å². The molecular weight excluding hydrogens is 404 g/mol. The second-order valence-corrected chi connectivity index (χ2v) is 6.31. The van der Waals surface area contributed by atoms with Crippen LogP contribution in [0.1, 0.15) is 5.56 Å². The van der Waals surface area contributed by atoms with Crippen molar-refractivity contribution < 1.29 is 18.3 Å². The topological polar surface area (TPSA) is 81.9 Å². The Kier molecular flexibility index (Phi) is 5.75. The van der Waals surface area contributed by atoms with E-state index in [0.29, 0.717) is 11.3 Å². The van der Waals surface area contributed by atoms with Crippen molar-refractivity contribution in [1.29, 1.82) is 0 Å². The van der Waals surface area contributed by atoms with E-state index in [1.165, 1.54) is 66.0 Å². The van der Waals surface area contributed by atoms with Gasteiger partial charge in [-0.15, -0.1) is 0 Å². The van der Waals surface area contributed by atoms with Crippen molar-refractivity contribution in [2.75, 3.05) is 5.32 Å². The van der Waals surface area contributed by atoms with Crippen LogP contribution in [0.5, 0.6) is 11.5 Å². The summed E-state index contributed by atoms with van der Waals surface area (Å²) in [5.41, 5.74) is 0.927. The largest absolute Gasteiger partial charge is 0.453 e. The molecule has 0 spiro atoms. The van der Waals surface area contributed by atoms with Crippen LogP contribution in [0.4, 0.5) is 14.5 Å². The first kappa shape index (κ1) is 19.9. The summed E-state index contributed by atoms with van der Waals surface area (Å²) in [5.74, 6) is -1.21. The van der Waals surface area contributed by atoms with Gasteiger partial charge < -0.3 is 10.1 Å². The molecule has 0 saturated heterocycles. The van der Waals surface area contributed by atoms with Crippen molar-refractivity contribution in [3.8, 4) is 17.2 Å². The fourth-order valence-corrected chi connectivity index (χ4v) is 2.70. The molecule has 7 nitrogen and oxygen atoms in total. The Morgan fingerprint density at radius 2 is 1.97 bits per heavy atom. The van der Waals surface area contributed by atoms with Gasteiger partial charge in [-0.05, 0) is 54.1 Å². The standard InChI is InChI=1S/C22H15F2N5O2/c23-18-11-16(5-6-20(18)29-14-26-13-27-29)28-22(30)8-4-15-3-7-21(19(24)10-15)31-17-2-1-9-25-12-17/h1-14H,(H,28,30)/b8-4+. The lowest BCUT2D eigenvalue weighted by Gasteiger charge is -2.07. The van der Waals surface area contributed by atoms with E-state index in [0.717, 1.165) is 0 Å². The number of ether oxygens (including phenoxy) is 1. The Morgan fingerprint density at radius 3 is 2.68 bits per heavy atom. The molecule has 2 aromatic carbocycles. The Bertz CT molecular complexity index is 1230. The van der Waals surface area contributed by atoms with Gasteiger partial charge in [-0.25, -0.2) is 18.4 Å². The number of nitrogens with one attached hydrogen (secondary N) is 1. The molecule has 0 aliphatic carbocycles. The first-order chi connectivity index (χ1) is 15.1. The van der Waals surface area contributed by atoms with E-state index in [2.05, 4.69) is 20.4 Å². The average molecular weight is 419 g/mol. The molecule has 4 aromatic rings. The molecule has 154 valence electrons. The van der Waals surface area contributed by atoms with Gasteiger partial charge in [-0.2, -0.15) is 5.10 Å². The number of amides is 1. The zero-order chi connectivity index (χ0) is 21.6. The predicted octanol–water partition coefficient (Wildman–Crippen LogP) is 4.38. The number of benzene rings is 2. The maximum absolute atomic E-state index is 14.3. The number of anilines is 1. The molecule has 0 unspecified atom stereocenters.